The third-order valence-corrected chi connectivity index (χ3v) is 6.61. The number of rotatable bonds is 3. The van der Waals surface area contributed by atoms with Crippen molar-refractivity contribution in [2.45, 2.75) is 47.5 Å². The first-order chi connectivity index (χ1) is 14.3. The van der Waals surface area contributed by atoms with Crippen molar-refractivity contribution in [3.63, 3.8) is 0 Å². The van der Waals surface area contributed by atoms with Crippen molar-refractivity contribution in [1.29, 1.82) is 0 Å². The van der Waals surface area contributed by atoms with Crippen LogP contribution in [-0.4, -0.2) is 34.2 Å². The van der Waals surface area contributed by atoms with E-state index < -0.39 is 0 Å². The van der Waals surface area contributed by atoms with Gasteiger partial charge in [-0.15, -0.1) is 0 Å². The minimum Gasteiger partial charge on any atom is -0.356 e. The van der Waals surface area contributed by atoms with Gasteiger partial charge in [0.1, 0.15) is 11.6 Å². The lowest BCUT2D eigenvalue weighted by atomic mass is 9.97. The Labute approximate surface area is 183 Å². The second kappa shape index (κ2) is 7.92. The Balaban J connectivity index is 1.89. The molecule has 30 heavy (non-hydrogen) atoms. The van der Waals surface area contributed by atoms with Crippen LogP contribution in [0, 0.1) is 47.1 Å². The van der Waals surface area contributed by atoms with Gasteiger partial charge < -0.3 is 9.74 Å². The number of piperidine rings is 1. The Bertz CT molecular complexity index is 1140. The molecule has 1 aromatic carbocycles. The molecule has 0 atom stereocenters. The van der Waals surface area contributed by atoms with Crippen LogP contribution >= 0.6 is 11.6 Å². The lowest BCUT2D eigenvalue weighted by Crippen LogP contribution is -2.35. The van der Waals surface area contributed by atoms with E-state index in [-0.39, 0.29) is 0 Å². The van der Waals surface area contributed by atoms with E-state index in [1.54, 1.807) is 0 Å². The van der Waals surface area contributed by atoms with Gasteiger partial charge in [-0.25, -0.2) is 16.5 Å². The number of benzene rings is 1. The normalized spacial score (nSPS) is 15.0. The molecule has 1 saturated heterocycles. The molecule has 1 aliphatic rings. The first-order valence-electron chi connectivity index (χ1n) is 10.5. The Kier molecular flexibility index (Phi) is 5.46. The van der Waals surface area contributed by atoms with Crippen molar-refractivity contribution in [1.82, 2.24) is 14.5 Å². The summed E-state index contributed by atoms with van der Waals surface area (Å²) in [6.45, 7) is 20.2. The van der Waals surface area contributed by atoms with Crippen molar-refractivity contribution in [3.8, 4) is 5.69 Å². The summed E-state index contributed by atoms with van der Waals surface area (Å²) in [5, 5.41) is 1.89. The molecule has 2 aromatic heterocycles. The summed E-state index contributed by atoms with van der Waals surface area (Å²) in [7, 11) is 0. The predicted octanol–water partition coefficient (Wildman–Crippen LogP) is 5.75. The van der Waals surface area contributed by atoms with Gasteiger partial charge >= 0.3 is 0 Å². The Hall–Kier alpha value is -2.58. The fourth-order valence-electron chi connectivity index (χ4n) is 4.76. The van der Waals surface area contributed by atoms with Gasteiger partial charge in [-0.05, 0) is 76.3 Å². The van der Waals surface area contributed by atoms with E-state index in [9.17, 15) is 0 Å². The van der Waals surface area contributed by atoms with Crippen LogP contribution in [0.25, 0.3) is 21.6 Å². The van der Waals surface area contributed by atoms with Gasteiger partial charge in [-0.3, -0.25) is 4.57 Å². The smallest absolute Gasteiger partial charge is 0.217 e. The van der Waals surface area contributed by atoms with Crippen molar-refractivity contribution >= 4 is 28.5 Å². The summed E-state index contributed by atoms with van der Waals surface area (Å²) in [5.41, 5.74) is 6.79. The van der Waals surface area contributed by atoms with Crippen molar-refractivity contribution in [2.75, 3.05) is 24.5 Å². The summed E-state index contributed by atoms with van der Waals surface area (Å²) in [4.78, 5) is 15.8. The molecule has 6 heteroatoms. The number of fused-ring (bicyclic) bond motifs is 1. The molecular formula is C24H28ClN5. The van der Waals surface area contributed by atoms with Gasteiger partial charge in [0, 0.05) is 29.7 Å². The van der Waals surface area contributed by atoms with Crippen molar-refractivity contribution < 1.29 is 0 Å². The average Bonchev–Trinajstić information content (AvgIpc) is 2.92. The van der Waals surface area contributed by atoms with Crippen molar-refractivity contribution in [3.05, 3.63) is 56.8 Å². The number of nitrogens with zero attached hydrogens (tertiary/aromatic N) is 5. The van der Waals surface area contributed by atoms with Crippen LogP contribution in [0.15, 0.2) is 12.1 Å². The Morgan fingerprint density at radius 3 is 2.30 bits per heavy atom. The Morgan fingerprint density at radius 1 is 1.07 bits per heavy atom. The Morgan fingerprint density at radius 2 is 1.70 bits per heavy atom. The molecule has 0 saturated carbocycles. The maximum Gasteiger partial charge on any atom is 0.217 e. The molecule has 0 unspecified atom stereocenters. The van der Waals surface area contributed by atoms with Gasteiger partial charge in [0.25, 0.3) is 0 Å². The van der Waals surface area contributed by atoms with E-state index in [0.29, 0.717) is 12.5 Å². The highest BCUT2D eigenvalue weighted by atomic mass is 35.5. The van der Waals surface area contributed by atoms with Gasteiger partial charge in [-0.1, -0.05) is 11.6 Å². The molecule has 0 radical (unpaired) electrons. The lowest BCUT2D eigenvalue weighted by Gasteiger charge is -2.31. The van der Waals surface area contributed by atoms with Crippen molar-refractivity contribution in [2.24, 2.45) is 5.92 Å². The molecule has 156 valence electrons. The van der Waals surface area contributed by atoms with Crippen LogP contribution in [0.1, 0.15) is 41.1 Å². The van der Waals surface area contributed by atoms with E-state index in [2.05, 4.69) is 42.0 Å². The zero-order valence-corrected chi connectivity index (χ0v) is 19.1. The third-order valence-electron chi connectivity index (χ3n) is 6.39. The molecule has 0 amide bonds. The average molecular weight is 422 g/mol. The summed E-state index contributed by atoms with van der Waals surface area (Å²) >= 11 is 6.30. The van der Waals surface area contributed by atoms with Gasteiger partial charge in [0.05, 0.1) is 11.1 Å². The van der Waals surface area contributed by atoms with Gasteiger partial charge in [0.2, 0.25) is 6.54 Å². The van der Waals surface area contributed by atoms with E-state index >= 15 is 0 Å². The zero-order chi connectivity index (χ0) is 21.6. The van der Waals surface area contributed by atoms with E-state index in [1.807, 2.05) is 19.1 Å². The summed E-state index contributed by atoms with van der Waals surface area (Å²) in [6.07, 6.45) is 2.09. The fourth-order valence-corrected chi connectivity index (χ4v) is 5.09. The van der Waals surface area contributed by atoms with Crippen LogP contribution in [0.3, 0.4) is 0 Å². The van der Waals surface area contributed by atoms with Crippen LogP contribution in [0.4, 0.5) is 5.82 Å². The third kappa shape index (κ3) is 3.44. The molecule has 1 fully saturated rings. The molecule has 0 N–H and O–H groups in total. The quantitative estimate of drug-likeness (QED) is 0.505. The van der Waals surface area contributed by atoms with E-state index in [4.69, 9.17) is 28.1 Å². The largest absolute Gasteiger partial charge is 0.356 e. The van der Waals surface area contributed by atoms with Crippen LogP contribution in [-0.2, 0) is 0 Å². The molecule has 5 nitrogen and oxygen atoms in total. The molecular weight excluding hydrogens is 394 g/mol. The lowest BCUT2D eigenvalue weighted by molar-refractivity contribution is 0.429. The maximum atomic E-state index is 7.15. The molecule has 0 aliphatic carbocycles. The number of halogens is 1. The molecule has 0 spiro atoms. The molecule has 3 aromatic rings. The van der Waals surface area contributed by atoms with E-state index in [1.165, 1.54) is 11.3 Å². The number of hydrogen-bond acceptors (Lipinski definition) is 3. The number of anilines is 1. The minimum atomic E-state index is 0.504. The van der Waals surface area contributed by atoms with Crippen LogP contribution < -0.4 is 4.90 Å². The van der Waals surface area contributed by atoms with Crippen LogP contribution in [0.2, 0.25) is 5.02 Å². The number of aryl methyl sites for hydroxylation is 4. The van der Waals surface area contributed by atoms with Crippen LogP contribution in [0.5, 0.6) is 0 Å². The summed E-state index contributed by atoms with van der Waals surface area (Å²) in [5.74, 6) is 2.31. The molecule has 4 rings (SSSR count). The summed E-state index contributed by atoms with van der Waals surface area (Å²) in [6, 6.07) is 4.03. The standard InChI is InChI=1S/C24H28ClN5/c1-14-11-20(25)12-15(2)22(14)30-17(4)16(3)21-23(27-18(5)28-24(21)30)29-9-7-19(8-10-29)13-26-6/h11-12,19H,7-10,13H2,1-5H3. The number of aromatic nitrogens is 3. The molecule has 0 bridgehead atoms. The highest BCUT2D eigenvalue weighted by Gasteiger charge is 2.27. The van der Waals surface area contributed by atoms with E-state index in [0.717, 1.165) is 70.4 Å². The highest BCUT2D eigenvalue weighted by molar-refractivity contribution is 6.30. The molecule has 1 aliphatic heterocycles. The minimum absolute atomic E-state index is 0.504. The van der Waals surface area contributed by atoms with Gasteiger partial charge in [0.15, 0.2) is 5.65 Å². The fraction of sp³-hybridized carbons (Fsp3) is 0.458. The topological polar surface area (TPSA) is 38.3 Å². The van der Waals surface area contributed by atoms with Gasteiger partial charge in [-0.2, -0.15) is 0 Å². The predicted molar refractivity (Wildman–Crippen MR) is 124 cm³/mol. The highest BCUT2D eigenvalue weighted by Crippen LogP contribution is 2.37. The summed E-state index contributed by atoms with van der Waals surface area (Å²) < 4.78 is 2.27. The second-order valence-electron chi connectivity index (χ2n) is 8.50. The zero-order valence-electron chi connectivity index (χ0n) is 18.4. The maximum absolute atomic E-state index is 7.15. The molecule has 3 heterocycles. The first-order valence-corrected chi connectivity index (χ1v) is 10.9. The monoisotopic (exact) mass is 421 g/mol. The number of hydrogen-bond donors (Lipinski definition) is 0. The first kappa shape index (κ1) is 20.7. The SMILES string of the molecule is [C-]#[N+]CC1CCN(c2nc(C)nc3c2c(C)c(C)n3-c2c(C)cc(Cl)cc2C)CC1. The second-order valence-corrected chi connectivity index (χ2v) is 8.93.